The molecule has 9 heteroatoms. The third kappa shape index (κ3) is 4.68. The molecule has 0 atom stereocenters. The third-order valence-electron chi connectivity index (χ3n) is 3.40. The molecule has 0 saturated heterocycles. The van der Waals surface area contributed by atoms with Gasteiger partial charge in [0.2, 0.25) is 10.3 Å². The molecule has 0 bridgehead atoms. The Labute approximate surface area is 158 Å². The van der Waals surface area contributed by atoms with Gasteiger partial charge in [0.05, 0.1) is 5.02 Å². The van der Waals surface area contributed by atoms with Crippen LogP contribution in [0.3, 0.4) is 0 Å². The third-order valence-corrected chi connectivity index (χ3v) is 4.64. The minimum Gasteiger partial charge on any atom is -0.345 e. The van der Waals surface area contributed by atoms with Crippen molar-refractivity contribution in [2.45, 2.75) is 6.54 Å². The molecule has 26 heavy (non-hydrogen) atoms. The molecule has 2 N–H and O–H groups in total. The zero-order valence-corrected chi connectivity index (χ0v) is 15.3. The van der Waals surface area contributed by atoms with Crippen LogP contribution in [-0.4, -0.2) is 23.3 Å². The number of aromatic nitrogens is 2. The fraction of sp³-hybridized carbons (Fsp3) is 0.118. The van der Waals surface area contributed by atoms with Crippen LogP contribution in [0.2, 0.25) is 5.02 Å². The molecule has 3 rings (SSSR count). The van der Waals surface area contributed by atoms with Crippen LogP contribution < -0.4 is 15.5 Å². The molecule has 1 heterocycles. The number of nitrogens with zero attached hydrogens (tertiary/aromatic N) is 3. The summed E-state index contributed by atoms with van der Waals surface area (Å²) in [5.41, 5.74) is 1.52. The Balaban J connectivity index is 1.58. The molecule has 0 unspecified atom stereocenters. The fourth-order valence-corrected chi connectivity index (χ4v) is 3.06. The highest BCUT2D eigenvalue weighted by Crippen LogP contribution is 2.25. The molecule has 2 amide bonds. The fourth-order valence-electron chi connectivity index (χ4n) is 2.18. The summed E-state index contributed by atoms with van der Waals surface area (Å²) in [6.07, 6.45) is 0. The number of urea groups is 1. The van der Waals surface area contributed by atoms with Gasteiger partial charge in [-0.2, -0.15) is 0 Å². The maximum absolute atomic E-state index is 13.1. The summed E-state index contributed by atoms with van der Waals surface area (Å²) < 4.78 is 13.1. The molecule has 0 spiro atoms. The Bertz CT molecular complexity index is 905. The lowest BCUT2D eigenvalue weighted by molar-refractivity contribution is 0.262. The molecule has 1 aromatic heterocycles. The maximum atomic E-state index is 13.1. The number of anilines is 3. The van der Waals surface area contributed by atoms with Crippen molar-refractivity contribution >= 4 is 44.9 Å². The highest BCUT2D eigenvalue weighted by Gasteiger charge is 2.12. The van der Waals surface area contributed by atoms with Gasteiger partial charge in [0.15, 0.2) is 0 Å². The van der Waals surface area contributed by atoms with Gasteiger partial charge in [0.25, 0.3) is 0 Å². The standard InChI is InChI=1S/C17H15ClFN5OS/c1-24(10-11-5-3-2-4-6-11)17-23-22-16(26-17)21-15(25)20-12-7-8-14(19)13(18)9-12/h2-9H,10H2,1H3,(H2,20,21,22,25). The van der Waals surface area contributed by atoms with Gasteiger partial charge in [-0.3, -0.25) is 5.32 Å². The average molecular weight is 392 g/mol. The molecule has 3 aromatic rings. The van der Waals surface area contributed by atoms with E-state index in [4.69, 9.17) is 11.6 Å². The van der Waals surface area contributed by atoms with Crippen molar-refractivity contribution in [3.63, 3.8) is 0 Å². The van der Waals surface area contributed by atoms with E-state index in [-0.39, 0.29) is 5.02 Å². The van der Waals surface area contributed by atoms with E-state index in [1.807, 2.05) is 42.3 Å². The highest BCUT2D eigenvalue weighted by atomic mass is 35.5. The Morgan fingerprint density at radius 2 is 1.96 bits per heavy atom. The molecular weight excluding hydrogens is 377 g/mol. The number of amides is 2. The van der Waals surface area contributed by atoms with Gasteiger partial charge in [0.1, 0.15) is 5.82 Å². The summed E-state index contributed by atoms with van der Waals surface area (Å²) in [5, 5.41) is 14.2. The van der Waals surface area contributed by atoms with E-state index >= 15 is 0 Å². The minimum atomic E-state index is -0.548. The van der Waals surface area contributed by atoms with Crippen molar-refractivity contribution in [3.05, 3.63) is 64.9 Å². The van der Waals surface area contributed by atoms with Gasteiger partial charge >= 0.3 is 6.03 Å². The van der Waals surface area contributed by atoms with E-state index in [2.05, 4.69) is 20.8 Å². The highest BCUT2D eigenvalue weighted by molar-refractivity contribution is 7.19. The second-order valence-corrected chi connectivity index (χ2v) is 6.80. The second kappa shape index (κ2) is 8.11. The van der Waals surface area contributed by atoms with Gasteiger partial charge in [-0.25, -0.2) is 9.18 Å². The molecular formula is C17H15ClFN5OS. The monoisotopic (exact) mass is 391 g/mol. The summed E-state index contributed by atoms with van der Waals surface area (Å²) >= 11 is 6.94. The van der Waals surface area contributed by atoms with E-state index in [0.29, 0.717) is 22.5 Å². The van der Waals surface area contributed by atoms with Gasteiger partial charge in [-0.05, 0) is 23.8 Å². The van der Waals surface area contributed by atoms with Gasteiger partial charge in [-0.15, -0.1) is 10.2 Å². The molecule has 0 aliphatic rings. The van der Waals surface area contributed by atoms with Crippen molar-refractivity contribution in [2.24, 2.45) is 0 Å². The zero-order valence-electron chi connectivity index (χ0n) is 13.7. The van der Waals surface area contributed by atoms with Gasteiger partial charge in [0, 0.05) is 19.3 Å². The number of carbonyl (C=O) groups is 1. The predicted octanol–water partition coefficient (Wildman–Crippen LogP) is 4.61. The number of benzene rings is 2. The molecule has 2 aromatic carbocycles. The van der Waals surface area contributed by atoms with Crippen molar-refractivity contribution < 1.29 is 9.18 Å². The first-order chi connectivity index (χ1) is 12.5. The number of rotatable bonds is 5. The summed E-state index contributed by atoms with van der Waals surface area (Å²) in [5.74, 6) is -0.548. The molecule has 0 fully saturated rings. The number of hydrogen-bond donors (Lipinski definition) is 2. The summed E-state index contributed by atoms with van der Waals surface area (Å²) in [6.45, 7) is 0.676. The van der Waals surface area contributed by atoms with E-state index in [1.165, 1.54) is 29.5 Å². The van der Waals surface area contributed by atoms with Crippen LogP contribution in [-0.2, 0) is 6.54 Å². The quantitative estimate of drug-likeness (QED) is 0.666. The molecule has 6 nitrogen and oxygen atoms in total. The van der Waals surface area contributed by atoms with Crippen molar-refractivity contribution in [1.29, 1.82) is 0 Å². The smallest absolute Gasteiger partial charge is 0.325 e. The van der Waals surface area contributed by atoms with E-state index in [1.54, 1.807) is 0 Å². The molecule has 134 valence electrons. The lowest BCUT2D eigenvalue weighted by atomic mass is 10.2. The number of nitrogens with one attached hydrogen (secondary N) is 2. The molecule has 0 saturated carbocycles. The Hall–Kier alpha value is -2.71. The lowest BCUT2D eigenvalue weighted by Crippen LogP contribution is -2.19. The molecule has 0 aliphatic heterocycles. The Morgan fingerprint density at radius 1 is 1.19 bits per heavy atom. The van der Waals surface area contributed by atoms with Gasteiger partial charge < -0.3 is 10.2 Å². The number of carbonyl (C=O) groups excluding carboxylic acids is 1. The van der Waals surface area contributed by atoms with E-state index < -0.39 is 11.8 Å². The average Bonchev–Trinajstić information content (AvgIpc) is 3.07. The topological polar surface area (TPSA) is 70.2 Å². The van der Waals surface area contributed by atoms with Crippen LogP contribution in [0.5, 0.6) is 0 Å². The largest absolute Gasteiger partial charge is 0.345 e. The summed E-state index contributed by atoms with van der Waals surface area (Å²) in [7, 11) is 1.90. The predicted molar refractivity (Wildman–Crippen MR) is 103 cm³/mol. The molecule has 0 radical (unpaired) electrons. The van der Waals surface area contributed by atoms with Crippen LogP contribution in [0.4, 0.5) is 25.1 Å². The van der Waals surface area contributed by atoms with E-state index in [0.717, 1.165) is 5.56 Å². The first-order valence-corrected chi connectivity index (χ1v) is 8.82. The minimum absolute atomic E-state index is 0.0662. The van der Waals surface area contributed by atoms with Crippen molar-refractivity contribution in [3.8, 4) is 0 Å². The van der Waals surface area contributed by atoms with Crippen molar-refractivity contribution in [2.75, 3.05) is 22.6 Å². The first-order valence-electron chi connectivity index (χ1n) is 7.63. The summed E-state index contributed by atoms with van der Waals surface area (Å²) in [4.78, 5) is 14.0. The zero-order chi connectivity index (χ0) is 18.5. The Kier molecular flexibility index (Phi) is 5.65. The van der Waals surface area contributed by atoms with Crippen LogP contribution in [0, 0.1) is 5.82 Å². The van der Waals surface area contributed by atoms with E-state index in [9.17, 15) is 9.18 Å². The first kappa shape index (κ1) is 18.1. The van der Waals surface area contributed by atoms with Crippen molar-refractivity contribution in [1.82, 2.24) is 10.2 Å². The van der Waals surface area contributed by atoms with Crippen LogP contribution in [0.15, 0.2) is 48.5 Å². The van der Waals surface area contributed by atoms with Gasteiger partial charge in [-0.1, -0.05) is 53.3 Å². The summed E-state index contributed by atoms with van der Waals surface area (Å²) in [6, 6.07) is 13.4. The molecule has 0 aliphatic carbocycles. The second-order valence-electron chi connectivity index (χ2n) is 5.44. The van der Waals surface area contributed by atoms with Crippen LogP contribution >= 0.6 is 22.9 Å². The normalized spacial score (nSPS) is 10.4. The van der Waals surface area contributed by atoms with Crippen LogP contribution in [0.1, 0.15) is 5.56 Å². The number of hydrogen-bond acceptors (Lipinski definition) is 5. The Morgan fingerprint density at radius 3 is 2.69 bits per heavy atom. The number of halogens is 2. The van der Waals surface area contributed by atoms with Crippen LogP contribution in [0.25, 0.3) is 0 Å². The lowest BCUT2D eigenvalue weighted by Gasteiger charge is -2.14. The SMILES string of the molecule is CN(Cc1ccccc1)c1nnc(NC(=O)Nc2ccc(F)c(Cl)c2)s1. The maximum Gasteiger partial charge on any atom is 0.325 e.